The average Bonchev–Trinajstić information content (AvgIpc) is 3.24. The van der Waals surface area contributed by atoms with Crippen LogP contribution in [-0.2, 0) is 16.1 Å². The number of nitrogens with two attached hydrogens (primary N) is 1. The van der Waals surface area contributed by atoms with Crippen LogP contribution in [0.2, 0.25) is 0 Å². The molecule has 0 unspecified atom stereocenters. The summed E-state index contributed by atoms with van der Waals surface area (Å²) in [5, 5.41) is 0.920. The van der Waals surface area contributed by atoms with Crippen LogP contribution in [0.15, 0.2) is 67.1 Å². The van der Waals surface area contributed by atoms with E-state index in [9.17, 15) is 4.79 Å². The normalized spacial score (nSPS) is 11.5. The van der Waals surface area contributed by atoms with Gasteiger partial charge in [0.05, 0.1) is 12.3 Å². The lowest BCUT2D eigenvalue weighted by Gasteiger charge is -2.20. The summed E-state index contributed by atoms with van der Waals surface area (Å²) >= 11 is 0. The molecule has 8 nitrogen and oxygen atoms in total. The van der Waals surface area contributed by atoms with Gasteiger partial charge in [-0.15, -0.1) is 0 Å². The second kappa shape index (κ2) is 9.30. The standard InChI is InChI=1S/C24H24N6O2/c1-3-32-24(31)18(13-25)23-28-20(19-14-27-22-17(19)10-7-11-26-22)12-21(29-23)30(2)15-16-8-5-4-6-9-16/h4-14H,3,15,25H2,1-2H3,(H,26,27). The number of fused-ring (bicyclic) bond motifs is 1. The predicted molar refractivity (Wildman–Crippen MR) is 124 cm³/mol. The van der Waals surface area contributed by atoms with Gasteiger partial charge in [-0.2, -0.15) is 0 Å². The number of anilines is 1. The Morgan fingerprint density at radius 3 is 2.75 bits per heavy atom. The van der Waals surface area contributed by atoms with Crippen LogP contribution < -0.4 is 10.6 Å². The largest absolute Gasteiger partial charge is 0.462 e. The molecule has 0 radical (unpaired) electrons. The summed E-state index contributed by atoms with van der Waals surface area (Å²) in [7, 11) is 1.94. The van der Waals surface area contributed by atoms with Crippen LogP contribution in [-0.4, -0.2) is 39.6 Å². The van der Waals surface area contributed by atoms with Crippen molar-refractivity contribution in [3.8, 4) is 11.3 Å². The van der Waals surface area contributed by atoms with Crippen LogP contribution in [0.5, 0.6) is 0 Å². The van der Waals surface area contributed by atoms with E-state index in [1.807, 2.05) is 54.5 Å². The van der Waals surface area contributed by atoms with Gasteiger partial charge >= 0.3 is 5.97 Å². The molecule has 162 valence electrons. The summed E-state index contributed by atoms with van der Waals surface area (Å²) < 4.78 is 5.15. The summed E-state index contributed by atoms with van der Waals surface area (Å²) in [6, 6.07) is 15.8. The monoisotopic (exact) mass is 428 g/mol. The van der Waals surface area contributed by atoms with Gasteiger partial charge in [0.15, 0.2) is 5.82 Å². The number of rotatable bonds is 7. The van der Waals surface area contributed by atoms with Crippen molar-refractivity contribution in [2.75, 3.05) is 18.6 Å². The van der Waals surface area contributed by atoms with Crippen molar-refractivity contribution < 1.29 is 9.53 Å². The molecule has 0 amide bonds. The summed E-state index contributed by atoms with van der Waals surface area (Å²) in [6.07, 6.45) is 4.76. The molecule has 0 fully saturated rings. The van der Waals surface area contributed by atoms with Crippen LogP contribution in [0, 0.1) is 0 Å². The second-order valence-corrected chi connectivity index (χ2v) is 7.18. The first-order valence-corrected chi connectivity index (χ1v) is 10.3. The van der Waals surface area contributed by atoms with Gasteiger partial charge in [-0.1, -0.05) is 30.3 Å². The minimum absolute atomic E-state index is 0.112. The number of carbonyl (C=O) groups is 1. The third-order valence-electron chi connectivity index (χ3n) is 5.00. The molecule has 0 aliphatic heterocycles. The van der Waals surface area contributed by atoms with Crippen molar-refractivity contribution in [3.05, 3.63) is 78.5 Å². The molecule has 4 rings (SSSR count). The van der Waals surface area contributed by atoms with Gasteiger partial charge < -0.3 is 20.4 Å². The third kappa shape index (κ3) is 4.29. The van der Waals surface area contributed by atoms with Crippen LogP contribution in [0.3, 0.4) is 0 Å². The highest BCUT2D eigenvalue weighted by Crippen LogP contribution is 2.30. The Hall–Kier alpha value is -4.20. The molecule has 4 aromatic rings. The first-order chi connectivity index (χ1) is 15.6. The fourth-order valence-electron chi connectivity index (χ4n) is 3.44. The third-order valence-corrected chi connectivity index (χ3v) is 5.00. The van der Waals surface area contributed by atoms with E-state index < -0.39 is 5.97 Å². The molecule has 0 saturated carbocycles. The van der Waals surface area contributed by atoms with Gasteiger partial charge in [0, 0.05) is 49.2 Å². The minimum Gasteiger partial charge on any atom is -0.462 e. The van der Waals surface area contributed by atoms with Gasteiger partial charge in [-0.3, -0.25) is 0 Å². The smallest absolute Gasteiger partial charge is 0.343 e. The first kappa shape index (κ1) is 21.0. The zero-order chi connectivity index (χ0) is 22.5. The molecule has 3 aromatic heterocycles. The number of esters is 1. The summed E-state index contributed by atoms with van der Waals surface area (Å²) in [6.45, 7) is 2.60. The Balaban J connectivity index is 1.82. The van der Waals surface area contributed by atoms with Crippen molar-refractivity contribution in [3.63, 3.8) is 0 Å². The van der Waals surface area contributed by atoms with Crippen molar-refractivity contribution in [2.45, 2.75) is 13.5 Å². The lowest BCUT2D eigenvalue weighted by atomic mass is 10.1. The molecule has 1 aromatic carbocycles. The van der Waals surface area contributed by atoms with E-state index in [1.165, 1.54) is 6.20 Å². The lowest BCUT2D eigenvalue weighted by Crippen LogP contribution is -2.20. The number of pyridine rings is 1. The number of benzene rings is 1. The number of hydrogen-bond donors (Lipinski definition) is 2. The maximum Gasteiger partial charge on any atom is 0.343 e. The zero-order valence-corrected chi connectivity index (χ0v) is 17.9. The Labute approximate surface area is 185 Å². The maximum atomic E-state index is 12.5. The molecule has 3 N–H and O–H groups in total. The number of aromatic amines is 1. The van der Waals surface area contributed by atoms with Crippen molar-refractivity contribution in [1.29, 1.82) is 0 Å². The molecule has 0 atom stereocenters. The zero-order valence-electron chi connectivity index (χ0n) is 17.9. The Morgan fingerprint density at radius 2 is 2.00 bits per heavy atom. The molecule has 0 aliphatic carbocycles. The van der Waals surface area contributed by atoms with Gasteiger partial charge in [-0.25, -0.2) is 19.7 Å². The topological polar surface area (TPSA) is 110 Å². The van der Waals surface area contributed by atoms with Crippen molar-refractivity contribution >= 4 is 28.4 Å². The van der Waals surface area contributed by atoms with Gasteiger partial charge in [-0.05, 0) is 24.6 Å². The fourth-order valence-corrected chi connectivity index (χ4v) is 3.44. The summed E-state index contributed by atoms with van der Waals surface area (Å²) in [5.74, 6) is 0.289. The van der Waals surface area contributed by atoms with Crippen molar-refractivity contribution in [1.82, 2.24) is 19.9 Å². The van der Waals surface area contributed by atoms with E-state index in [0.29, 0.717) is 18.1 Å². The minimum atomic E-state index is -0.565. The SMILES string of the molecule is CCOC(=O)C(=CN)c1nc(-c2c[nH]c3ncccc23)cc(N(C)Cc2ccccc2)n1. The molecule has 3 heterocycles. The molecule has 0 bridgehead atoms. The molecular weight excluding hydrogens is 404 g/mol. The number of nitrogens with zero attached hydrogens (tertiary/aromatic N) is 4. The second-order valence-electron chi connectivity index (χ2n) is 7.18. The molecule has 8 heteroatoms. The number of nitrogens with one attached hydrogen (secondary N) is 1. The number of ether oxygens (including phenoxy) is 1. The van der Waals surface area contributed by atoms with E-state index in [0.717, 1.165) is 22.2 Å². The van der Waals surface area contributed by atoms with Crippen LogP contribution in [0.25, 0.3) is 27.9 Å². The van der Waals surface area contributed by atoms with Crippen LogP contribution >= 0.6 is 0 Å². The molecule has 32 heavy (non-hydrogen) atoms. The van der Waals surface area contributed by atoms with E-state index in [-0.39, 0.29) is 18.0 Å². The molecule has 0 saturated heterocycles. The van der Waals surface area contributed by atoms with E-state index >= 15 is 0 Å². The van der Waals surface area contributed by atoms with Crippen molar-refractivity contribution in [2.24, 2.45) is 5.73 Å². The number of hydrogen-bond acceptors (Lipinski definition) is 7. The Morgan fingerprint density at radius 1 is 1.19 bits per heavy atom. The Kier molecular flexibility index (Phi) is 6.12. The summed E-state index contributed by atoms with van der Waals surface area (Å²) in [4.78, 5) is 31.3. The number of aromatic nitrogens is 4. The van der Waals surface area contributed by atoms with Crippen LogP contribution in [0.1, 0.15) is 18.3 Å². The number of carbonyl (C=O) groups excluding carboxylic acids is 1. The van der Waals surface area contributed by atoms with Gasteiger partial charge in [0.25, 0.3) is 0 Å². The van der Waals surface area contributed by atoms with E-state index in [4.69, 9.17) is 10.5 Å². The van der Waals surface area contributed by atoms with Crippen LogP contribution in [0.4, 0.5) is 5.82 Å². The lowest BCUT2D eigenvalue weighted by molar-refractivity contribution is -0.136. The molecule has 0 aliphatic rings. The predicted octanol–water partition coefficient (Wildman–Crippen LogP) is 3.52. The van der Waals surface area contributed by atoms with E-state index in [1.54, 1.807) is 13.1 Å². The maximum absolute atomic E-state index is 12.5. The van der Waals surface area contributed by atoms with Gasteiger partial charge in [0.1, 0.15) is 17.0 Å². The average molecular weight is 428 g/mol. The highest BCUT2D eigenvalue weighted by molar-refractivity contribution is 6.15. The first-order valence-electron chi connectivity index (χ1n) is 10.3. The van der Waals surface area contributed by atoms with E-state index in [2.05, 4.69) is 32.1 Å². The Bertz CT molecular complexity index is 1270. The molecule has 0 spiro atoms. The molecular formula is C24H24N6O2. The van der Waals surface area contributed by atoms with Gasteiger partial charge in [0.2, 0.25) is 0 Å². The highest BCUT2D eigenvalue weighted by Gasteiger charge is 2.20. The highest BCUT2D eigenvalue weighted by atomic mass is 16.5. The summed E-state index contributed by atoms with van der Waals surface area (Å²) in [5.41, 5.74) is 9.27. The quantitative estimate of drug-likeness (QED) is 0.342. The fraction of sp³-hybridized carbons (Fsp3) is 0.167. The number of H-pyrrole nitrogens is 1.